The molecule has 3 heteroatoms. The zero-order chi connectivity index (χ0) is 20.4. The normalized spacial score (nSPS) is 11.8. The predicted octanol–water partition coefficient (Wildman–Crippen LogP) is 6.95. The quantitative estimate of drug-likeness (QED) is 0.351. The van der Waals surface area contributed by atoms with Crippen LogP contribution in [0.25, 0.3) is 33.1 Å². The van der Waals surface area contributed by atoms with E-state index in [0.29, 0.717) is 0 Å². The Bertz CT molecular complexity index is 1110. The molecule has 0 spiro atoms. The average molecular weight is 377 g/mol. The highest BCUT2D eigenvalue weighted by Crippen LogP contribution is 2.42. The molecule has 1 aliphatic rings. The molecule has 0 fully saturated rings. The molecule has 0 N–H and O–H groups in total. The Kier molecular flexibility index (Phi) is 5.83. The lowest BCUT2D eigenvalue weighted by Gasteiger charge is -2.12. The molecule has 3 heterocycles. The van der Waals surface area contributed by atoms with Crippen molar-refractivity contribution in [2.75, 3.05) is 7.11 Å². The monoisotopic (exact) mass is 376 g/mol. The highest BCUT2D eigenvalue weighted by molar-refractivity contribution is 6.02. The van der Waals surface area contributed by atoms with Crippen LogP contribution in [0.5, 0.6) is 5.75 Å². The van der Waals surface area contributed by atoms with Crippen molar-refractivity contribution in [2.45, 2.75) is 54.6 Å². The summed E-state index contributed by atoms with van der Waals surface area (Å²) in [6.07, 6.45) is 2.21. The third-order valence-corrected chi connectivity index (χ3v) is 5.44. The van der Waals surface area contributed by atoms with Crippen molar-refractivity contribution in [3.05, 3.63) is 53.7 Å². The first kappa shape index (κ1) is 20.1. The summed E-state index contributed by atoms with van der Waals surface area (Å²) in [5, 5.41) is 2.61. The van der Waals surface area contributed by atoms with Gasteiger partial charge in [0, 0.05) is 35.6 Å². The fraction of sp³-hybridized carbons (Fsp3) is 0.360. The van der Waals surface area contributed by atoms with Gasteiger partial charge in [0.2, 0.25) is 0 Å². The van der Waals surface area contributed by atoms with Crippen LogP contribution in [0, 0.1) is 13.8 Å². The third-order valence-electron chi connectivity index (χ3n) is 5.44. The Morgan fingerprint density at radius 2 is 1.61 bits per heavy atom. The molecule has 0 bridgehead atoms. The molecule has 0 unspecified atom stereocenters. The molecule has 2 aromatic heterocycles. The van der Waals surface area contributed by atoms with E-state index in [1.807, 2.05) is 27.7 Å². The number of fused-ring (bicyclic) bond motifs is 4. The molecule has 2 aromatic carbocycles. The minimum absolute atomic E-state index is 0.956. The lowest BCUT2D eigenvalue weighted by Crippen LogP contribution is -2.05. The van der Waals surface area contributed by atoms with Crippen molar-refractivity contribution in [3.8, 4) is 17.0 Å². The van der Waals surface area contributed by atoms with Crippen molar-refractivity contribution < 1.29 is 4.74 Å². The number of methoxy groups -OCH3 is 1. The van der Waals surface area contributed by atoms with Gasteiger partial charge in [-0.05, 0) is 31.0 Å². The van der Waals surface area contributed by atoms with Crippen LogP contribution >= 0.6 is 0 Å². The molecule has 0 aliphatic carbocycles. The number of benzene rings is 2. The second-order valence-corrected chi connectivity index (χ2v) is 6.69. The Labute approximate surface area is 168 Å². The number of para-hydroxylation sites is 1. The van der Waals surface area contributed by atoms with Gasteiger partial charge in [-0.3, -0.25) is 0 Å². The standard InChI is InChI=1S/C21H20N2O.2C2H6/c1-13-7-8-16-14(2)18-17-6-4-5-15-9-10-22(19(15)17)11-12-23(18)20(16)21(13)24-3;2*1-2/h4-10H,11-12H2,1-3H3;2*1-2H3. The van der Waals surface area contributed by atoms with Gasteiger partial charge < -0.3 is 13.9 Å². The maximum atomic E-state index is 5.78. The van der Waals surface area contributed by atoms with Crippen LogP contribution in [0.1, 0.15) is 38.8 Å². The van der Waals surface area contributed by atoms with E-state index in [2.05, 4.69) is 65.6 Å². The summed E-state index contributed by atoms with van der Waals surface area (Å²) in [4.78, 5) is 0. The van der Waals surface area contributed by atoms with E-state index in [-0.39, 0.29) is 0 Å². The minimum atomic E-state index is 0.956. The van der Waals surface area contributed by atoms with Gasteiger partial charge in [-0.1, -0.05) is 58.0 Å². The Morgan fingerprint density at radius 1 is 0.857 bits per heavy atom. The van der Waals surface area contributed by atoms with Gasteiger partial charge in [0.25, 0.3) is 0 Å². The highest BCUT2D eigenvalue weighted by atomic mass is 16.5. The van der Waals surface area contributed by atoms with Gasteiger partial charge in [0.15, 0.2) is 0 Å². The molecule has 28 heavy (non-hydrogen) atoms. The molecule has 0 saturated heterocycles. The molecular weight excluding hydrogens is 344 g/mol. The number of hydrogen-bond acceptors (Lipinski definition) is 1. The minimum Gasteiger partial charge on any atom is -0.494 e. The molecule has 148 valence electrons. The first-order valence-corrected chi connectivity index (χ1v) is 10.5. The predicted molar refractivity (Wildman–Crippen MR) is 122 cm³/mol. The summed E-state index contributed by atoms with van der Waals surface area (Å²) in [6, 6.07) is 13.2. The smallest absolute Gasteiger partial charge is 0.146 e. The van der Waals surface area contributed by atoms with Crippen LogP contribution in [0.3, 0.4) is 0 Å². The van der Waals surface area contributed by atoms with Gasteiger partial charge in [0.05, 0.1) is 23.8 Å². The van der Waals surface area contributed by atoms with E-state index in [1.165, 1.54) is 44.2 Å². The van der Waals surface area contributed by atoms with E-state index in [9.17, 15) is 0 Å². The second kappa shape index (κ2) is 8.14. The summed E-state index contributed by atoms with van der Waals surface area (Å²) in [6.45, 7) is 14.3. The maximum Gasteiger partial charge on any atom is 0.146 e. The van der Waals surface area contributed by atoms with Crippen LogP contribution in [0.15, 0.2) is 42.6 Å². The number of rotatable bonds is 1. The summed E-state index contributed by atoms with van der Waals surface area (Å²) in [7, 11) is 1.78. The Morgan fingerprint density at radius 3 is 2.32 bits per heavy atom. The van der Waals surface area contributed by atoms with Crippen molar-refractivity contribution in [2.24, 2.45) is 0 Å². The molecule has 0 atom stereocenters. The van der Waals surface area contributed by atoms with Crippen LogP contribution < -0.4 is 4.74 Å². The lowest BCUT2D eigenvalue weighted by atomic mass is 10.0. The van der Waals surface area contributed by atoms with E-state index < -0.39 is 0 Å². The first-order chi connectivity index (χ1) is 13.7. The Balaban J connectivity index is 0.000000531. The first-order valence-electron chi connectivity index (χ1n) is 10.5. The molecule has 0 saturated carbocycles. The zero-order valence-corrected chi connectivity index (χ0v) is 18.3. The molecule has 0 radical (unpaired) electrons. The zero-order valence-electron chi connectivity index (χ0n) is 18.3. The van der Waals surface area contributed by atoms with E-state index in [1.54, 1.807) is 7.11 Å². The Hall–Kier alpha value is -2.68. The van der Waals surface area contributed by atoms with E-state index in [4.69, 9.17) is 4.74 Å². The van der Waals surface area contributed by atoms with Crippen molar-refractivity contribution >= 4 is 21.8 Å². The number of hydrogen-bond donors (Lipinski definition) is 0. The summed E-state index contributed by atoms with van der Waals surface area (Å²) < 4.78 is 10.6. The van der Waals surface area contributed by atoms with E-state index in [0.717, 1.165) is 18.8 Å². The third kappa shape index (κ3) is 2.81. The van der Waals surface area contributed by atoms with Gasteiger partial charge in [-0.25, -0.2) is 0 Å². The highest BCUT2D eigenvalue weighted by Gasteiger charge is 2.24. The second-order valence-electron chi connectivity index (χ2n) is 6.69. The van der Waals surface area contributed by atoms with E-state index >= 15 is 0 Å². The van der Waals surface area contributed by atoms with Gasteiger partial charge >= 0.3 is 0 Å². The number of aromatic nitrogens is 2. The molecule has 4 aromatic rings. The number of aryl methyl sites for hydroxylation is 4. The largest absolute Gasteiger partial charge is 0.494 e. The molecule has 5 rings (SSSR count). The summed E-state index contributed by atoms with van der Waals surface area (Å²) in [5.41, 5.74) is 7.75. The molecule has 1 aliphatic heterocycles. The summed E-state index contributed by atoms with van der Waals surface area (Å²) >= 11 is 0. The van der Waals surface area contributed by atoms with Gasteiger partial charge in [0.1, 0.15) is 5.75 Å². The van der Waals surface area contributed by atoms with Crippen LogP contribution in [-0.4, -0.2) is 16.2 Å². The molecule has 0 amide bonds. The van der Waals surface area contributed by atoms with Gasteiger partial charge in [-0.15, -0.1) is 0 Å². The number of ether oxygens (including phenoxy) is 1. The van der Waals surface area contributed by atoms with Crippen LogP contribution in [0.2, 0.25) is 0 Å². The van der Waals surface area contributed by atoms with Crippen molar-refractivity contribution in [1.82, 2.24) is 9.13 Å². The molecule has 3 nitrogen and oxygen atoms in total. The van der Waals surface area contributed by atoms with Gasteiger partial charge in [-0.2, -0.15) is 0 Å². The fourth-order valence-electron chi connectivity index (χ4n) is 4.36. The summed E-state index contributed by atoms with van der Waals surface area (Å²) in [5.74, 6) is 1.00. The van der Waals surface area contributed by atoms with Crippen LogP contribution in [-0.2, 0) is 13.1 Å². The fourth-order valence-corrected chi connectivity index (χ4v) is 4.36. The number of nitrogens with zero attached hydrogens (tertiary/aromatic N) is 2. The SMILES string of the molecule is CC.CC.COc1c(C)ccc2c(C)c3n(c12)CCn1ccc2cccc-3c21. The van der Waals surface area contributed by atoms with Crippen molar-refractivity contribution in [1.29, 1.82) is 0 Å². The maximum absolute atomic E-state index is 5.78. The molecular formula is C25H32N2O. The topological polar surface area (TPSA) is 19.1 Å². The lowest BCUT2D eigenvalue weighted by molar-refractivity contribution is 0.414. The average Bonchev–Trinajstić information content (AvgIpc) is 3.22. The van der Waals surface area contributed by atoms with Crippen LogP contribution in [0.4, 0.5) is 0 Å². The van der Waals surface area contributed by atoms with Crippen molar-refractivity contribution in [3.63, 3.8) is 0 Å².